The normalized spacial score (nSPS) is 15.4. The summed E-state index contributed by atoms with van der Waals surface area (Å²) >= 11 is 0. The van der Waals surface area contributed by atoms with Gasteiger partial charge in [0.05, 0.1) is 5.41 Å². The number of anilines is 1. The zero-order valence-electron chi connectivity index (χ0n) is 17.1. The maximum Gasteiger partial charge on any atom is 0.317 e. The van der Waals surface area contributed by atoms with Gasteiger partial charge in [-0.25, -0.2) is 4.39 Å². The molecule has 0 radical (unpaired) electrons. The number of carbonyl (C=O) groups excluding carboxylic acids is 3. The zero-order valence-corrected chi connectivity index (χ0v) is 17.1. The van der Waals surface area contributed by atoms with Gasteiger partial charge in [-0.1, -0.05) is 36.4 Å². The molecule has 1 fully saturated rings. The van der Waals surface area contributed by atoms with Crippen molar-refractivity contribution in [3.05, 3.63) is 65.5 Å². The third-order valence-electron chi connectivity index (χ3n) is 5.57. The van der Waals surface area contributed by atoms with Crippen LogP contribution in [0.2, 0.25) is 0 Å². The minimum absolute atomic E-state index is 0.0327. The summed E-state index contributed by atoms with van der Waals surface area (Å²) < 4.78 is 19.0. The minimum Gasteiger partial charge on any atom is -0.455 e. The van der Waals surface area contributed by atoms with Crippen LogP contribution in [0, 0.1) is 12.7 Å². The predicted octanol–water partition coefficient (Wildman–Crippen LogP) is 3.20. The van der Waals surface area contributed by atoms with E-state index in [0.717, 1.165) is 5.56 Å². The summed E-state index contributed by atoms with van der Waals surface area (Å²) in [4.78, 5) is 38.7. The lowest BCUT2D eigenvalue weighted by molar-refractivity contribution is -0.156. The molecule has 1 heterocycles. The van der Waals surface area contributed by atoms with Crippen molar-refractivity contribution in [3.63, 3.8) is 0 Å². The van der Waals surface area contributed by atoms with Crippen LogP contribution in [0.15, 0.2) is 48.5 Å². The number of hydrogen-bond acceptors (Lipinski definition) is 4. The molecule has 0 aliphatic carbocycles. The van der Waals surface area contributed by atoms with Gasteiger partial charge in [-0.15, -0.1) is 0 Å². The smallest absolute Gasteiger partial charge is 0.317 e. The lowest BCUT2D eigenvalue weighted by Crippen LogP contribution is -2.49. The van der Waals surface area contributed by atoms with Gasteiger partial charge in [-0.2, -0.15) is 0 Å². The number of nitrogens with zero attached hydrogens (tertiary/aromatic N) is 1. The maximum absolute atomic E-state index is 13.6. The van der Waals surface area contributed by atoms with E-state index >= 15 is 0 Å². The number of aryl methyl sites for hydroxylation is 1. The van der Waals surface area contributed by atoms with Crippen LogP contribution in [0.1, 0.15) is 30.9 Å². The lowest BCUT2D eigenvalue weighted by Gasteiger charge is -2.40. The van der Waals surface area contributed by atoms with E-state index < -0.39 is 29.7 Å². The number of benzene rings is 2. The van der Waals surface area contributed by atoms with Gasteiger partial charge in [0, 0.05) is 25.7 Å². The van der Waals surface area contributed by atoms with Crippen molar-refractivity contribution in [1.29, 1.82) is 0 Å². The summed E-state index contributed by atoms with van der Waals surface area (Å²) in [7, 11) is 0. The van der Waals surface area contributed by atoms with Gasteiger partial charge >= 0.3 is 5.97 Å². The molecule has 2 aromatic carbocycles. The average molecular weight is 412 g/mol. The fourth-order valence-corrected chi connectivity index (χ4v) is 3.71. The minimum atomic E-state index is -0.913. The van der Waals surface area contributed by atoms with Crippen molar-refractivity contribution >= 4 is 23.5 Å². The van der Waals surface area contributed by atoms with Gasteiger partial charge in [0.25, 0.3) is 5.91 Å². The van der Waals surface area contributed by atoms with E-state index in [0.29, 0.717) is 37.2 Å². The summed E-state index contributed by atoms with van der Waals surface area (Å²) in [5.41, 5.74) is 0.663. The quantitative estimate of drug-likeness (QED) is 0.766. The summed E-state index contributed by atoms with van der Waals surface area (Å²) in [6.45, 7) is 3.54. The molecule has 7 heteroatoms. The molecule has 1 aliphatic rings. The van der Waals surface area contributed by atoms with Crippen LogP contribution in [0.5, 0.6) is 0 Å². The molecular formula is C23H25FN2O4. The molecule has 2 amide bonds. The van der Waals surface area contributed by atoms with Crippen LogP contribution < -0.4 is 5.32 Å². The second kappa shape index (κ2) is 9.07. The maximum atomic E-state index is 13.6. The first kappa shape index (κ1) is 21.5. The van der Waals surface area contributed by atoms with Crippen LogP contribution in [-0.4, -0.2) is 42.4 Å². The van der Waals surface area contributed by atoms with Gasteiger partial charge in [0.2, 0.25) is 5.91 Å². The average Bonchev–Trinajstić information content (AvgIpc) is 2.75. The molecule has 3 rings (SSSR count). The van der Waals surface area contributed by atoms with E-state index in [1.165, 1.54) is 13.0 Å². The van der Waals surface area contributed by atoms with E-state index in [1.54, 1.807) is 24.0 Å². The molecule has 1 saturated heterocycles. The standard InChI is InChI=1S/C23H25FN2O4/c1-16-8-9-19(14-20(16)24)25-21(28)15-30-22(29)23(18-6-4-3-5-7-18)10-12-26(13-11-23)17(2)27/h3-9,14H,10-13,15H2,1-2H3,(H,25,28). The number of rotatable bonds is 5. The largest absolute Gasteiger partial charge is 0.455 e. The Labute approximate surface area is 175 Å². The van der Waals surface area contributed by atoms with Crippen molar-refractivity contribution in [2.45, 2.75) is 32.1 Å². The number of piperidine rings is 1. The number of hydrogen-bond donors (Lipinski definition) is 1. The highest BCUT2D eigenvalue weighted by atomic mass is 19.1. The number of ether oxygens (including phenoxy) is 1. The van der Waals surface area contributed by atoms with E-state index in [-0.39, 0.29) is 5.91 Å². The number of likely N-dealkylation sites (tertiary alicyclic amines) is 1. The molecule has 6 nitrogen and oxygen atoms in total. The number of nitrogens with one attached hydrogen (secondary N) is 1. The zero-order chi connectivity index (χ0) is 21.7. The van der Waals surface area contributed by atoms with Crippen molar-refractivity contribution < 1.29 is 23.5 Å². The highest BCUT2D eigenvalue weighted by Gasteiger charge is 2.44. The molecule has 2 aromatic rings. The number of carbonyl (C=O) groups is 3. The Hall–Kier alpha value is -3.22. The summed E-state index contributed by atoms with van der Waals surface area (Å²) in [5, 5.41) is 2.53. The third-order valence-corrected chi connectivity index (χ3v) is 5.57. The van der Waals surface area contributed by atoms with Gasteiger partial charge in [0.15, 0.2) is 6.61 Å². The SMILES string of the molecule is CC(=O)N1CCC(C(=O)OCC(=O)Nc2ccc(C)c(F)c2)(c2ccccc2)CC1. The first-order valence-corrected chi connectivity index (χ1v) is 9.86. The first-order chi connectivity index (χ1) is 14.3. The van der Waals surface area contributed by atoms with Crippen LogP contribution in [0.4, 0.5) is 10.1 Å². The van der Waals surface area contributed by atoms with Crippen LogP contribution in [0.3, 0.4) is 0 Å². The van der Waals surface area contributed by atoms with E-state index in [4.69, 9.17) is 4.74 Å². The summed E-state index contributed by atoms with van der Waals surface area (Å²) in [5.74, 6) is -1.50. The van der Waals surface area contributed by atoms with Crippen molar-refractivity contribution in [1.82, 2.24) is 4.90 Å². The lowest BCUT2D eigenvalue weighted by atomic mass is 9.72. The molecule has 30 heavy (non-hydrogen) atoms. The van der Waals surface area contributed by atoms with Crippen LogP contribution >= 0.6 is 0 Å². The first-order valence-electron chi connectivity index (χ1n) is 9.86. The van der Waals surface area contributed by atoms with E-state index in [9.17, 15) is 18.8 Å². The van der Waals surface area contributed by atoms with E-state index in [1.807, 2.05) is 30.3 Å². The molecule has 0 saturated carbocycles. The third kappa shape index (κ3) is 4.67. The van der Waals surface area contributed by atoms with Crippen molar-refractivity contribution in [2.24, 2.45) is 0 Å². The Morgan fingerprint density at radius 1 is 1.10 bits per heavy atom. The Morgan fingerprint density at radius 2 is 1.77 bits per heavy atom. The van der Waals surface area contributed by atoms with Gasteiger partial charge in [0.1, 0.15) is 5.82 Å². The van der Waals surface area contributed by atoms with Gasteiger partial charge < -0.3 is 15.0 Å². The molecule has 0 unspecified atom stereocenters. The number of amides is 2. The van der Waals surface area contributed by atoms with Gasteiger partial charge in [-0.05, 0) is 43.0 Å². The van der Waals surface area contributed by atoms with Gasteiger partial charge in [-0.3, -0.25) is 14.4 Å². The number of esters is 1. The Morgan fingerprint density at radius 3 is 2.37 bits per heavy atom. The van der Waals surface area contributed by atoms with Crippen molar-refractivity contribution in [2.75, 3.05) is 25.0 Å². The molecule has 1 aliphatic heterocycles. The molecule has 0 spiro atoms. The fourth-order valence-electron chi connectivity index (χ4n) is 3.71. The summed E-state index contributed by atoms with van der Waals surface area (Å²) in [6.07, 6.45) is 0.834. The predicted molar refractivity (Wildman–Crippen MR) is 110 cm³/mol. The highest BCUT2D eigenvalue weighted by Crippen LogP contribution is 2.37. The highest BCUT2D eigenvalue weighted by molar-refractivity contribution is 5.94. The van der Waals surface area contributed by atoms with Crippen molar-refractivity contribution in [3.8, 4) is 0 Å². The van der Waals surface area contributed by atoms with Crippen LogP contribution in [-0.2, 0) is 24.5 Å². The Kier molecular flexibility index (Phi) is 6.50. The molecule has 0 aromatic heterocycles. The Bertz CT molecular complexity index is 937. The second-order valence-electron chi connectivity index (χ2n) is 7.54. The molecule has 0 atom stereocenters. The van der Waals surface area contributed by atoms with Crippen LogP contribution in [0.25, 0.3) is 0 Å². The summed E-state index contributed by atoms with van der Waals surface area (Å²) in [6, 6.07) is 13.6. The topological polar surface area (TPSA) is 75.7 Å². The fraction of sp³-hybridized carbons (Fsp3) is 0.348. The molecule has 0 bridgehead atoms. The Balaban J connectivity index is 1.69. The second-order valence-corrected chi connectivity index (χ2v) is 7.54. The van der Waals surface area contributed by atoms with E-state index in [2.05, 4.69) is 5.32 Å². The molecular weight excluding hydrogens is 387 g/mol. The molecule has 158 valence electrons. The monoisotopic (exact) mass is 412 g/mol. The molecule has 1 N–H and O–H groups in total. The number of halogens is 1.